The van der Waals surface area contributed by atoms with E-state index in [4.69, 9.17) is 4.98 Å². The van der Waals surface area contributed by atoms with Crippen molar-refractivity contribution in [2.45, 2.75) is 20.3 Å². The summed E-state index contributed by atoms with van der Waals surface area (Å²) in [5.41, 5.74) is 12.2. The zero-order chi connectivity index (χ0) is 31.7. The summed E-state index contributed by atoms with van der Waals surface area (Å²) in [6, 6.07) is 39.2. The lowest BCUT2D eigenvalue weighted by Gasteiger charge is -2.23. The van der Waals surface area contributed by atoms with Crippen molar-refractivity contribution in [3.63, 3.8) is 0 Å². The predicted octanol–water partition coefficient (Wildman–Crippen LogP) is 5.17. The van der Waals surface area contributed by atoms with Crippen LogP contribution < -0.4 is 16.4 Å². The van der Waals surface area contributed by atoms with E-state index >= 15 is 0 Å². The monoisotopic (exact) mass is 590 g/mol. The lowest BCUT2D eigenvalue weighted by Crippen LogP contribution is -2.41. The maximum absolute atomic E-state index is 11.6. The van der Waals surface area contributed by atoms with E-state index < -0.39 is 0 Å². The second kappa shape index (κ2) is 10.7. The van der Waals surface area contributed by atoms with E-state index in [2.05, 4.69) is 138 Å². The quantitative estimate of drug-likeness (QED) is 0.227. The number of benzene rings is 7. The highest BCUT2D eigenvalue weighted by atomic mass is 16.3. The highest BCUT2D eigenvalue weighted by Gasteiger charge is 2.22. The average Bonchev–Trinajstić information content (AvgIpc) is 3.48. The van der Waals surface area contributed by atoms with Gasteiger partial charge in [-0.2, -0.15) is 0 Å². The number of hydrogen-bond acceptors (Lipinski definition) is 2. The summed E-state index contributed by atoms with van der Waals surface area (Å²) in [4.78, 5) is 4.90. The number of rotatable bonds is 4. The Morgan fingerprint density at radius 3 is 1.89 bits per heavy atom. The van der Waals surface area contributed by atoms with Gasteiger partial charge in [-0.3, -0.25) is 4.57 Å². The average molecular weight is 590 g/mol. The zero-order valence-corrected chi connectivity index (χ0v) is 26.9. The standard InChI is InChI=1S/C40H33B3N2O/c1-3-33-44-31-14-8-9-15-32(31)45(33)26-19-18-23-20-25(17-16-24(23)21-26)34-27-10-4-6-12-29(27)35(30-13-7-5-11-28(30)34)36-38(42)39(43)37(41)22(2)40(36)46/h4-21,46H,3,41-43H2,1-2H3. The van der Waals surface area contributed by atoms with Crippen molar-refractivity contribution in [3.05, 3.63) is 121 Å². The molecule has 0 aliphatic heterocycles. The molecule has 8 aromatic rings. The Hall–Kier alpha value is -5.22. The van der Waals surface area contributed by atoms with Gasteiger partial charge in [0.15, 0.2) is 0 Å². The molecule has 0 radical (unpaired) electrons. The lowest BCUT2D eigenvalue weighted by atomic mass is 9.66. The Morgan fingerprint density at radius 1 is 0.630 bits per heavy atom. The molecule has 0 aliphatic rings. The predicted molar refractivity (Wildman–Crippen MR) is 205 cm³/mol. The smallest absolute Gasteiger partial charge is 0.139 e. The van der Waals surface area contributed by atoms with Crippen LogP contribution in [0.1, 0.15) is 18.3 Å². The Morgan fingerprint density at radius 2 is 1.22 bits per heavy atom. The number of phenols is 1. The molecule has 1 heterocycles. The molecular formula is C40H33B3N2O. The van der Waals surface area contributed by atoms with Crippen molar-refractivity contribution >= 4 is 83.3 Å². The summed E-state index contributed by atoms with van der Waals surface area (Å²) in [6.07, 6.45) is 0.862. The third-order valence-corrected chi connectivity index (χ3v) is 10.2. The van der Waals surface area contributed by atoms with Crippen molar-refractivity contribution in [1.82, 2.24) is 9.55 Å². The fourth-order valence-corrected chi connectivity index (χ4v) is 7.44. The summed E-state index contributed by atoms with van der Waals surface area (Å²) >= 11 is 0. The first-order valence-corrected chi connectivity index (χ1v) is 16.1. The largest absolute Gasteiger partial charge is 0.507 e. The minimum absolute atomic E-state index is 0.377. The molecule has 0 saturated heterocycles. The van der Waals surface area contributed by atoms with Crippen LogP contribution in [0.25, 0.3) is 71.3 Å². The third-order valence-electron chi connectivity index (χ3n) is 10.2. The zero-order valence-electron chi connectivity index (χ0n) is 26.9. The van der Waals surface area contributed by atoms with Crippen LogP contribution in [0.3, 0.4) is 0 Å². The van der Waals surface area contributed by atoms with E-state index in [0.29, 0.717) is 5.75 Å². The first-order chi connectivity index (χ1) is 22.4. The first kappa shape index (κ1) is 28.3. The fraction of sp³-hybridized carbons (Fsp3) is 0.0750. The molecule has 1 N–H and O–H groups in total. The number of phenolic OH excluding ortho intramolecular Hbond substituents is 1. The van der Waals surface area contributed by atoms with Crippen LogP contribution in [0.15, 0.2) is 109 Å². The molecular weight excluding hydrogens is 557 g/mol. The van der Waals surface area contributed by atoms with Crippen molar-refractivity contribution < 1.29 is 5.11 Å². The number of hydrogen-bond donors (Lipinski definition) is 1. The van der Waals surface area contributed by atoms with Gasteiger partial charge in [0, 0.05) is 23.2 Å². The van der Waals surface area contributed by atoms with E-state index in [1.807, 2.05) is 13.0 Å². The molecule has 0 fully saturated rings. The molecule has 7 aromatic carbocycles. The van der Waals surface area contributed by atoms with Gasteiger partial charge in [0.05, 0.1) is 11.0 Å². The third kappa shape index (κ3) is 4.13. The lowest BCUT2D eigenvalue weighted by molar-refractivity contribution is 0.474. The Kier molecular flexibility index (Phi) is 6.58. The van der Waals surface area contributed by atoms with Crippen LogP contribution in [0.2, 0.25) is 0 Å². The van der Waals surface area contributed by atoms with E-state index in [1.54, 1.807) is 0 Å². The summed E-state index contributed by atoms with van der Waals surface area (Å²) < 4.78 is 2.29. The van der Waals surface area contributed by atoms with Gasteiger partial charge >= 0.3 is 0 Å². The molecule has 0 amide bonds. The topological polar surface area (TPSA) is 38.0 Å². The Labute approximate surface area is 271 Å². The summed E-state index contributed by atoms with van der Waals surface area (Å²) in [6.45, 7) is 4.19. The second-order valence-corrected chi connectivity index (χ2v) is 12.5. The minimum atomic E-state index is 0.377. The first-order valence-electron chi connectivity index (χ1n) is 16.1. The maximum atomic E-state index is 11.6. The van der Waals surface area contributed by atoms with Crippen LogP contribution in [0, 0.1) is 6.92 Å². The number of para-hydroxylation sites is 2. The molecule has 6 heteroatoms. The number of aromatic nitrogens is 2. The molecule has 0 spiro atoms. The number of imidazole rings is 1. The molecule has 3 nitrogen and oxygen atoms in total. The summed E-state index contributed by atoms with van der Waals surface area (Å²) in [5.74, 6) is 1.44. The summed E-state index contributed by atoms with van der Waals surface area (Å²) in [7, 11) is 6.41. The van der Waals surface area contributed by atoms with E-state index in [0.717, 1.165) is 67.4 Å². The minimum Gasteiger partial charge on any atom is -0.507 e. The van der Waals surface area contributed by atoms with Crippen LogP contribution in [0.4, 0.5) is 0 Å². The Bertz CT molecular complexity index is 2450. The van der Waals surface area contributed by atoms with Gasteiger partial charge in [0.25, 0.3) is 0 Å². The molecule has 218 valence electrons. The van der Waals surface area contributed by atoms with E-state index in [9.17, 15) is 5.11 Å². The van der Waals surface area contributed by atoms with Gasteiger partial charge in [-0.25, -0.2) is 4.98 Å². The summed E-state index contributed by atoms with van der Waals surface area (Å²) in [5, 5.41) is 18.7. The molecule has 0 aliphatic carbocycles. The second-order valence-electron chi connectivity index (χ2n) is 12.5. The number of fused-ring (bicyclic) bond motifs is 4. The van der Waals surface area contributed by atoms with Gasteiger partial charge in [-0.1, -0.05) is 96.7 Å². The van der Waals surface area contributed by atoms with Crippen LogP contribution in [0.5, 0.6) is 5.75 Å². The number of aryl methyl sites for hydroxylation is 1. The van der Waals surface area contributed by atoms with E-state index in [-0.39, 0.29) is 0 Å². The molecule has 46 heavy (non-hydrogen) atoms. The number of aromatic hydroxyl groups is 1. The van der Waals surface area contributed by atoms with Crippen LogP contribution in [-0.2, 0) is 6.42 Å². The molecule has 8 rings (SSSR count). The van der Waals surface area contributed by atoms with E-state index in [1.165, 1.54) is 38.1 Å². The Balaban J connectivity index is 1.37. The number of nitrogens with zero attached hydrogens (tertiary/aromatic N) is 2. The molecule has 0 unspecified atom stereocenters. The maximum Gasteiger partial charge on any atom is 0.139 e. The SMILES string of the molecule is Bc1c(B)c(C)c(O)c(-c2c3ccccc3c(-c3ccc4cc(-n5c(CC)nc6ccccc65)ccc4c3)c3ccccc23)c1B. The molecule has 0 saturated carbocycles. The van der Waals surface area contributed by atoms with Crippen molar-refractivity contribution in [2.75, 3.05) is 0 Å². The van der Waals surface area contributed by atoms with Crippen LogP contribution >= 0.6 is 0 Å². The normalized spacial score (nSPS) is 11.7. The molecule has 0 bridgehead atoms. The van der Waals surface area contributed by atoms with Gasteiger partial charge in [0.1, 0.15) is 35.1 Å². The highest BCUT2D eigenvalue weighted by molar-refractivity contribution is 6.59. The van der Waals surface area contributed by atoms with Gasteiger partial charge in [0.2, 0.25) is 0 Å². The van der Waals surface area contributed by atoms with Gasteiger partial charge in [-0.05, 0) is 86.3 Å². The van der Waals surface area contributed by atoms with Gasteiger partial charge < -0.3 is 5.11 Å². The van der Waals surface area contributed by atoms with Crippen molar-refractivity contribution in [3.8, 4) is 33.7 Å². The van der Waals surface area contributed by atoms with Gasteiger partial charge in [-0.15, -0.1) is 5.46 Å². The molecule has 0 atom stereocenters. The highest BCUT2D eigenvalue weighted by Crippen LogP contribution is 2.45. The molecule has 1 aromatic heterocycles. The van der Waals surface area contributed by atoms with Crippen molar-refractivity contribution in [2.24, 2.45) is 0 Å². The van der Waals surface area contributed by atoms with Crippen molar-refractivity contribution in [1.29, 1.82) is 0 Å². The van der Waals surface area contributed by atoms with Crippen LogP contribution in [-0.4, -0.2) is 38.2 Å². The fourth-order valence-electron chi connectivity index (χ4n) is 7.44.